The fourth-order valence-electron chi connectivity index (χ4n) is 2.19. The molecule has 0 unspecified atom stereocenters. The molecular weight excluding hydrogens is 366 g/mol. The summed E-state index contributed by atoms with van der Waals surface area (Å²) in [6.45, 7) is 1.64. The number of sulfonamides is 1. The van der Waals surface area contributed by atoms with Gasteiger partial charge in [-0.25, -0.2) is 17.5 Å². The van der Waals surface area contributed by atoms with E-state index in [1.165, 1.54) is 11.4 Å². The van der Waals surface area contributed by atoms with E-state index in [-0.39, 0.29) is 15.5 Å². The number of aromatic carboxylic acids is 1. The molecule has 2 rings (SSSR count). The second kappa shape index (κ2) is 6.47. The summed E-state index contributed by atoms with van der Waals surface area (Å²) >= 11 is 2.96. The van der Waals surface area contributed by atoms with Gasteiger partial charge in [0, 0.05) is 32.9 Å². The molecule has 0 bridgehead atoms. The van der Waals surface area contributed by atoms with E-state index >= 15 is 0 Å². The fourth-order valence-corrected chi connectivity index (χ4v) is 4.34. The summed E-state index contributed by atoms with van der Waals surface area (Å²) in [5.74, 6) is -1.49. The van der Waals surface area contributed by atoms with Crippen molar-refractivity contribution in [3.05, 3.63) is 16.5 Å². The Morgan fingerprint density at radius 2 is 2.10 bits per heavy atom. The van der Waals surface area contributed by atoms with Crippen LogP contribution in [0.1, 0.15) is 23.4 Å². The smallest absolute Gasteiger partial charge is 0.371 e. The predicted molar refractivity (Wildman–Crippen MR) is 76.7 cm³/mol. The summed E-state index contributed by atoms with van der Waals surface area (Å²) in [6, 6.07) is 1.02. The number of nitrogens with zero attached hydrogens (tertiary/aromatic N) is 1. The van der Waals surface area contributed by atoms with Crippen LogP contribution in [0.2, 0.25) is 0 Å². The number of hydrogen-bond donors (Lipinski definition) is 1. The van der Waals surface area contributed by atoms with Gasteiger partial charge in [0.2, 0.25) is 15.8 Å². The molecule has 1 N–H and O–H groups in total. The van der Waals surface area contributed by atoms with Crippen molar-refractivity contribution in [2.75, 3.05) is 26.8 Å². The van der Waals surface area contributed by atoms with E-state index in [0.29, 0.717) is 19.8 Å². The number of carboxylic acid groups (broad SMARTS) is 1. The number of furan rings is 1. The molecule has 1 fully saturated rings. The van der Waals surface area contributed by atoms with Crippen molar-refractivity contribution >= 4 is 31.9 Å². The normalized spacial score (nSPS) is 17.3. The van der Waals surface area contributed by atoms with Crippen LogP contribution in [-0.4, -0.2) is 50.6 Å². The van der Waals surface area contributed by atoms with Gasteiger partial charge in [-0.1, -0.05) is 0 Å². The van der Waals surface area contributed by atoms with Crippen molar-refractivity contribution in [2.24, 2.45) is 5.92 Å². The average molecular weight is 382 g/mol. The number of rotatable bonds is 5. The molecule has 21 heavy (non-hydrogen) atoms. The Hall–Kier alpha value is -0.900. The topological polar surface area (TPSA) is 97.0 Å². The maximum Gasteiger partial charge on any atom is 0.371 e. The summed E-state index contributed by atoms with van der Waals surface area (Å²) < 4.78 is 36.2. The first-order valence-corrected chi connectivity index (χ1v) is 8.62. The van der Waals surface area contributed by atoms with Crippen molar-refractivity contribution in [1.82, 2.24) is 4.31 Å². The molecule has 0 saturated carbocycles. The molecule has 0 atom stereocenters. The van der Waals surface area contributed by atoms with Crippen LogP contribution in [0.15, 0.2) is 20.0 Å². The summed E-state index contributed by atoms with van der Waals surface area (Å²) in [5, 5.41) is 8.85. The van der Waals surface area contributed by atoms with Crippen LogP contribution in [0.4, 0.5) is 0 Å². The Bertz CT molecular complexity index is 620. The molecule has 1 aromatic heterocycles. The molecule has 7 nitrogen and oxygen atoms in total. The van der Waals surface area contributed by atoms with Crippen molar-refractivity contribution in [1.29, 1.82) is 0 Å². The van der Waals surface area contributed by atoms with Crippen molar-refractivity contribution in [3.63, 3.8) is 0 Å². The summed E-state index contributed by atoms with van der Waals surface area (Å²) in [5.41, 5.74) is 0. The molecule has 9 heteroatoms. The molecule has 0 aromatic carbocycles. The summed E-state index contributed by atoms with van der Waals surface area (Å²) in [6.07, 6.45) is 1.62. The first-order chi connectivity index (χ1) is 9.82. The Morgan fingerprint density at radius 3 is 2.62 bits per heavy atom. The third-order valence-corrected chi connectivity index (χ3v) is 6.09. The molecular formula is C12H16BrNO6S. The molecule has 0 spiro atoms. The van der Waals surface area contributed by atoms with E-state index in [1.54, 1.807) is 0 Å². The van der Waals surface area contributed by atoms with Gasteiger partial charge in [0.1, 0.15) is 4.90 Å². The van der Waals surface area contributed by atoms with Crippen molar-refractivity contribution < 1.29 is 27.5 Å². The molecule has 1 aliphatic heterocycles. The standard InChI is InChI=1S/C12H16BrNO6S/c1-14(7-8-2-4-19-5-3-8)21(17,18)10-6-9(12(15)16)20-11(10)13/h6,8H,2-5,7H2,1H3,(H,15,16). The second-order valence-electron chi connectivity index (χ2n) is 4.90. The Balaban J connectivity index is 2.18. The SMILES string of the molecule is CN(CC1CCOCC1)S(=O)(=O)c1cc(C(=O)O)oc1Br. The van der Waals surface area contributed by atoms with Crippen molar-refractivity contribution in [2.45, 2.75) is 17.7 Å². The predicted octanol–water partition coefficient (Wildman–Crippen LogP) is 1.79. The highest BCUT2D eigenvalue weighted by atomic mass is 79.9. The van der Waals surface area contributed by atoms with E-state index in [9.17, 15) is 13.2 Å². The quantitative estimate of drug-likeness (QED) is 0.834. The average Bonchev–Trinajstić information content (AvgIpc) is 2.83. The van der Waals surface area contributed by atoms with E-state index in [2.05, 4.69) is 15.9 Å². The Morgan fingerprint density at radius 1 is 1.48 bits per heavy atom. The van der Waals surface area contributed by atoms with Gasteiger partial charge in [-0.15, -0.1) is 0 Å². The van der Waals surface area contributed by atoms with Gasteiger partial charge in [0.05, 0.1) is 0 Å². The van der Waals surface area contributed by atoms with Gasteiger partial charge < -0.3 is 14.3 Å². The molecule has 2 heterocycles. The Labute approximate surface area is 131 Å². The van der Waals surface area contributed by atoms with Crippen LogP contribution < -0.4 is 0 Å². The summed E-state index contributed by atoms with van der Waals surface area (Å²) in [7, 11) is -2.32. The van der Waals surface area contributed by atoms with Crippen LogP contribution in [0.3, 0.4) is 0 Å². The second-order valence-corrected chi connectivity index (χ2v) is 7.63. The molecule has 0 radical (unpaired) electrons. The minimum absolute atomic E-state index is 0.0984. The van der Waals surface area contributed by atoms with Gasteiger partial charge >= 0.3 is 5.97 Å². The minimum Gasteiger partial charge on any atom is -0.475 e. The monoisotopic (exact) mass is 381 g/mol. The number of halogens is 1. The lowest BCUT2D eigenvalue weighted by Crippen LogP contribution is -2.34. The molecule has 0 aliphatic carbocycles. The van der Waals surface area contributed by atoms with Gasteiger partial charge in [0.25, 0.3) is 0 Å². The molecule has 1 aromatic rings. The van der Waals surface area contributed by atoms with Gasteiger partial charge in [-0.3, -0.25) is 0 Å². The molecule has 1 saturated heterocycles. The number of carbonyl (C=O) groups is 1. The maximum atomic E-state index is 12.5. The maximum absolute atomic E-state index is 12.5. The first kappa shape index (κ1) is 16.5. The van der Waals surface area contributed by atoms with Gasteiger partial charge in [-0.05, 0) is 34.7 Å². The summed E-state index contributed by atoms with van der Waals surface area (Å²) in [4.78, 5) is 10.7. The zero-order valence-corrected chi connectivity index (χ0v) is 13.8. The zero-order chi connectivity index (χ0) is 15.6. The molecule has 1 aliphatic rings. The largest absolute Gasteiger partial charge is 0.475 e. The van der Waals surface area contributed by atoms with Crippen molar-refractivity contribution in [3.8, 4) is 0 Å². The fraction of sp³-hybridized carbons (Fsp3) is 0.583. The van der Waals surface area contributed by atoms with Crippen LogP contribution in [0.25, 0.3) is 0 Å². The van der Waals surface area contributed by atoms with E-state index in [0.717, 1.165) is 18.9 Å². The van der Waals surface area contributed by atoms with Crippen LogP contribution in [0, 0.1) is 5.92 Å². The lowest BCUT2D eigenvalue weighted by Gasteiger charge is -2.26. The number of ether oxygens (including phenoxy) is 1. The third kappa shape index (κ3) is 3.65. The number of carboxylic acids is 1. The van der Waals surface area contributed by atoms with Gasteiger partial charge in [0.15, 0.2) is 4.67 Å². The van der Waals surface area contributed by atoms with Crippen LogP contribution in [-0.2, 0) is 14.8 Å². The highest BCUT2D eigenvalue weighted by Crippen LogP contribution is 2.29. The van der Waals surface area contributed by atoms with Crippen LogP contribution >= 0.6 is 15.9 Å². The first-order valence-electron chi connectivity index (χ1n) is 6.39. The molecule has 118 valence electrons. The molecule has 0 amide bonds. The minimum atomic E-state index is -3.79. The lowest BCUT2D eigenvalue weighted by molar-refractivity contribution is 0.0620. The van der Waals surface area contributed by atoms with Crippen LogP contribution in [0.5, 0.6) is 0 Å². The third-order valence-electron chi connectivity index (χ3n) is 3.41. The Kier molecular flexibility index (Phi) is 5.07. The van der Waals surface area contributed by atoms with E-state index in [1.807, 2.05) is 0 Å². The van der Waals surface area contributed by atoms with E-state index < -0.39 is 21.8 Å². The highest BCUT2D eigenvalue weighted by molar-refractivity contribution is 9.10. The van der Waals surface area contributed by atoms with Gasteiger partial charge in [-0.2, -0.15) is 0 Å². The van der Waals surface area contributed by atoms with E-state index in [4.69, 9.17) is 14.3 Å². The number of hydrogen-bond acceptors (Lipinski definition) is 5. The lowest BCUT2D eigenvalue weighted by atomic mass is 10.0. The zero-order valence-electron chi connectivity index (χ0n) is 11.4. The highest BCUT2D eigenvalue weighted by Gasteiger charge is 2.30.